The van der Waals surface area contributed by atoms with E-state index in [0.29, 0.717) is 23.9 Å². The van der Waals surface area contributed by atoms with Crippen LogP contribution in [0.3, 0.4) is 0 Å². The predicted octanol–water partition coefficient (Wildman–Crippen LogP) is 5.92. The van der Waals surface area contributed by atoms with Crippen LogP contribution in [0.25, 0.3) is 0 Å². The highest BCUT2D eigenvalue weighted by Crippen LogP contribution is 2.22. The number of nitrogens with one attached hydrogen (secondary N) is 1. The molecule has 1 aliphatic rings. The van der Waals surface area contributed by atoms with Gasteiger partial charge in [0.2, 0.25) is 0 Å². The summed E-state index contributed by atoms with van der Waals surface area (Å²) < 4.78 is 6.11. The normalized spacial score (nSPS) is 14.7. The summed E-state index contributed by atoms with van der Waals surface area (Å²) in [6.45, 7) is 3.06. The molecule has 2 amide bonds. The lowest BCUT2D eigenvalue weighted by Crippen LogP contribution is -2.49. The Balaban J connectivity index is 1.54. The first-order valence-corrected chi connectivity index (χ1v) is 11.4. The lowest BCUT2D eigenvalue weighted by molar-refractivity contribution is 0.163. The summed E-state index contributed by atoms with van der Waals surface area (Å²) >= 11 is 6.11. The lowest BCUT2D eigenvalue weighted by atomic mass is 10.2. The molecule has 0 saturated carbocycles. The zero-order valence-electron chi connectivity index (χ0n) is 18.0. The van der Waals surface area contributed by atoms with E-state index in [1.165, 1.54) is 12.8 Å². The Bertz CT molecular complexity index is 994. The molecule has 5 nitrogen and oxygen atoms in total. The Morgan fingerprint density at radius 1 is 0.969 bits per heavy atom. The molecule has 1 saturated heterocycles. The fraction of sp³-hybridized carbons (Fsp3) is 0.269. The number of hydrogen-bond donors (Lipinski definition) is 1. The van der Waals surface area contributed by atoms with Crippen molar-refractivity contribution in [1.29, 1.82) is 0 Å². The number of hydrogen-bond acceptors (Lipinski definition) is 3. The van der Waals surface area contributed by atoms with Crippen molar-refractivity contribution in [3.8, 4) is 5.75 Å². The first-order chi connectivity index (χ1) is 15.7. The number of carbonyl (C=O) groups excluding carboxylic acids is 1. The van der Waals surface area contributed by atoms with Gasteiger partial charge in [-0.25, -0.2) is 4.79 Å². The van der Waals surface area contributed by atoms with Crippen LogP contribution in [0.15, 0.2) is 84.9 Å². The van der Waals surface area contributed by atoms with E-state index < -0.39 is 0 Å². The van der Waals surface area contributed by atoms with Crippen molar-refractivity contribution in [3.63, 3.8) is 0 Å². The van der Waals surface area contributed by atoms with E-state index in [-0.39, 0.29) is 12.1 Å². The van der Waals surface area contributed by atoms with Gasteiger partial charge < -0.3 is 10.1 Å². The number of likely N-dealkylation sites (tertiary alicyclic amines) is 1. The maximum Gasteiger partial charge on any atom is 0.326 e. The Labute approximate surface area is 194 Å². The molecule has 1 unspecified atom stereocenters. The van der Waals surface area contributed by atoms with Gasteiger partial charge >= 0.3 is 6.03 Å². The Morgan fingerprint density at radius 2 is 1.66 bits per heavy atom. The molecule has 1 fully saturated rings. The van der Waals surface area contributed by atoms with Crippen LogP contribution in [0.5, 0.6) is 5.75 Å². The van der Waals surface area contributed by atoms with Crippen molar-refractivity contribution in [1.82, 2.24) is 4.90 Å². The molecule has 6 heteroatoms. The van der Waals surface area contributed by atoms with Crippen LogP contribution in [-0.4, -0.2) is 43.2 Å². The van der Waals surface area contributed by atoms with Crippen LogP contribution in [0.1, 0.15) is 12.8 Å². The molecule has 3 aromatic rings. The smallest absolute Gasteiger partial charge is 0.326 e. The Morgan fingerprint density at radius 3 is 2.34 bits per heavy atom. The summed E-state index contributed by atoms with van der Waals surface area (Å²) in [5.41, 5.74) is 1.51. The highest BCUT2D eigenvalue weighted by Gasteiger charge is 2.28. The van der Waals surface area contributed by atoms with E-state index in [4.69, 9.17) is 16.3 Å². The molecular weight excluding hydrogens is 422 g/mol. The topological polar surface area (TPSA) is 44.8 Å². The largest absolute Gasteiger partial charge is 0.492 e. The molecule has 1 atom stereocenters. The minimum Gasteiger partial charge on any atom is -0.492 e. The quantitative estimate of drug-likeness (QED) is 0.464. The molecule has 32 heavy (non-hydrogen) atoms. The third-order valence-electron chi connectivity index (χ3n) is 5.62. The van der Waals surface area contributed by atoms with Crippen LogP contribution in [0, 0.1) is 0 Å². The molecule has 0 aromatic heterocycles. The summed E-state index contributed by atoms with van der Waals surface area (Å²) in [6, 6.07) is 26.7. The fourth-order valence-electron chi connectivity index (χ4n) is 3.97. The first-order valence-electron chi connectivity index (χ1n) is 11.0. The van der Waals surface area contributed by atoms with Gasteiger partial charge in [0.05, 0.1) is 6.04 Å². The highest BCUT2D eigenvalue weighted by atomic mass is 35.5. The number of halogens is 1. The zero-order valence-corrected chi connectivity index (χ0v) is 18.7. The molecular formula is C26H28ClN3O2. The van der Waals surface area contributed by atoms with E-state index in [1.807, 2.05) is 72.8 Å². The molecule has 0 spiro atoms. The van der Waals surface area contributed by atoms with Crippen LogP contribution in [0.4, 0.5) is 16.2 Å². The number of urea groups is 1. The third-order valence-corrected chi connectivity index (χ3v) is 5.86. The van der Waals surface area contributed by atoms with Gasteiger partial charge in [-0.2, -0.15) is 0 Å². The second kappa shape index (κ2) is 11.0. The molecule has 0 radical (unpaired) electrons. The maximum atomic E-state index is 13.4. The maximum absolute atomic E-state index is 13.4. The van der Waals surface area contributed by atoms with Gasteiger partial charge in [-0.3, -0.25) is 9.80 Å². The lowest BCUT2D eigenvalue weighted by Gasteiger charge is -2.33. The van der Waals surface area contributed by atoms with Crippen molar-refractivity contribution >= 4 is 29.0 Å². The van der Waals surface area contributed by atoms with Gasteiger partial charge in [0.15, 0.2) is 0 Å². The Kier molecular flexibility index (Phi) is 7.64. The number of carbonyl (C=O) groups is 1. The van der Waals surface area contributed by atoms with Gasteiger partial charge in [-0.05, 0) is 68.4 Å². The summed E-state index contributed by atoms with van der Waals surface area (Å²) in [7, 11) is 0. The number of anilines is 2. The van der Waals surface area contributed by atoms with Crippen molar-refractivity contribution < 1.29 is 9.53 Å². The molecule has 166 valence electrons. The summed E-state index contributed by atoms with van der Waals surface area (Å²) in [5, 5.41) is 3.58. The van der Waals surface area contributed by atoms with Crippen LogP contribution in [0.2, 0.25) is 5.02 Å². The molecule has 0 aliphatic carbocycles. The average molecular weight is 450 g/mol. The summed E-state index contributed by atoms with van der Waals surface area (Å²) in [6.07, 6.45) is 2.34. The first kappa shape index (κ1) is 22.2. The van der Waals surface area contributed by atoms with Crippen LogP contribution in [-0.2, 0) is 0 Å². The van der Waals surface area contributed by atoms with Gasteiger partial charge in [-0.15, -0.1) is 0 Å². The van der Waals surface area contributed by atoms with Crippen molar-refractivity contribution in [2.24, 2.45) is 0 Å². The molecule has 0 bridgehead atoms. The minimum absolute atomic E-state index is 0.0722. The molecule has 3 aromatic carbocycles. The molecule has 1 aliphatic heterocycles. The van der Waals surface area contributed by atoms with Gasteiger partial charge in [-0.1, -0.05) is 54.1 Å². The van der Waals surface area contributed by atoms with Crippen molar-refractivity contribution in [2.75, 3.05) is 36.5 Å². The van der Waals surface area contributed by atoms with Gasteiger partial charge in [0, 0.05) is 22.9 Å². The fourth-order valence-corrected chi connectivity index (χ4v) is 4.16. The van der Waals surface area contributed by atoms with Gasteiger partial charge in [0.25, 0.3) is 0 Å². The number of amides is 2. The number of nitrogens with zero attached hydrogens (tertiary/aromatic N) is 2. The monoisotopic (exact) mass is 449 g/mol. The van der Waals surface area contributed by atoms with Gasteiger partial charge in [0.1, 0.15) is 12.4 Å². The second-order valence-electron chi connectivity index (χ2n) is 7.91. The van der Waals surface area contributed by atoms with E-state index in [0.717, 1.165) is 24.5 Å². The third kappa shape index (κ3) is 6.02. The molecule has 4 rings (SSSR count). The van der Waals surface area contributed by atoms with Crippen LogP contribution >= 0.6 is 11.6 Å². The predicted molar refractivity (Wildman–Crippen MR) is 131 cm³/mol. The molecule has 1 heterocycles. The average Bonchev–Trinajstić information content (AvgIpc) is 3.35. The number of ether oxygens (including phenoxy) is 1. The SMILES string of the molecule is O=C(Nc1cccc(Cl)c1)N(CC(COc1ccccc1)N1CCCC1)c1ccccc1. The van der Waals surface area contributed by atoms with Crippen LogP contribution < -0.4 is 15.0 Å². The van der Waals surface area contributed by atoms with E-state index in [9.17, 15) is 4.79 Å². The van der Waals surface area contributed by atoms with E-state index >= 15 is 0 Å². The number of benzene rings is 3. The summed E-state index contributed by atoms with van der Waals surface area (Å²) in [4.78, 5) is 17.6. The minimum atomic E-state index is -0.192. The van der Waals surface area contributed by atoms with E-state index in [2.05, 4.69) is 10.2 Å². The van der Waals surface area contributed by atoms with Crippen molar-refractivity contribution in [2.45, 2.75) is 18.9 Å². The second-order valence-corrected chi connectivity index (χ2v) is 8.34. The van der Waals surface area contributed by atoms with Crippen molar-refractivity contribution in [3.05, 3.63) is 90.0 Å². The highest BCUT2D eigenvalue weighted by molar-refractivity contribution is 6.30. The Hall–Kier alpha value is -3.02. The summed E-state index contributed by atoms with van der Waals surface area (Å²) in [5.74, 6) is 0.839. The van der Waals surface area contributed by atoms with E-state index in [1.54, 1.807) is 17.0 Å². The standard InChI is InChI=1S/C26H28ClN3O2/c27-21-10-9-11-22(18-21)28-26(31)30(23-12-3-1-4-13-23)19-24(29-16-7-8-17-29)20-32-25-14-5-2-6-15-25/h1-6,9-15,18,24H,7-8,16-17,19-20H2,(H,28,31). The number of rotatable bonds is 8. The number of para-hydroxylation sites is 2. The molecule has 1 N–H and O–H groups in total. The zero-order chi connectivity index (χ0) is 22.2.